The molecule has 1 aromatic carbocycles. The number of nitro benzene ring substituents is 1. The summed E-state index contributed by atoms with van der Waals surface area (Å²) >= 11 is 0. The second-order valence-electron chi connectivity index (χ2n) is 4.15. The molecule has 0 atom stereocenters. The van der Waals surface area contributed by atoms with Crippen LogP contribution < -0.4 is 0 Å². The van der Waals surface area contributed by atoms with Crippen molar-refractivity contribution in [3.05, 3.63) is 46.3 Å². The first kappa shape index (κ1) is 10.0. The van der Waals surface area contributed by atoms with Crippen molar-refractivity contribution >= 4 is 5.69 Å². The highest BCUT2D eigenvalue weighted by Gasteiger charge is 2.27. The third-order valence-corrected chi connectivity index (χ3v) is 2.83. The summed E-state index contributed by atoms with van der Waals surface area (Å²) in [5.41, 5.74) is 0.838. The number of rotatable bonds is 3. The van der Waals surface area contributed by atoms with Crippen LogP contribution in [-0.4, -0.2) is 9.91 Å². The molecule has 0 bridgehead atoms. The number of nitro groups is 1. The predicted molar refractivity (Wildman–Crippen MR) is 60.6 cm³/mol. The Morgan fingerprint density at radius 2 is 2.00 bits per heavy atom. The lowest BCUT2D eigenvalue weighted by Crippen LogP contribution is -1.87. The van der Waals surface area contributed by atoms with Gasteiger partial charge in [0.25, 0.3) is 5.69 Å². The Balaban J connectivity index is 1.89. The molecular weight excluding hydrogens is 220 g/mol. The average molecular weight is 230 g/mol. The molecule has 86 valence electrons. The van der Waals surface area contributed by atoms with Gasteiger partial charge in [-0.05, 0) is 25.0 Å². The molecule has 1 heterocycles. The number of oxazole rings is 1. The molecule has 0 spiro atoms. The normalized spacial score (nSPS) is 14.8. The zero-order valence-electron chi connectivity index (χ0n) is 9.00. The maximum absolute atomic E-state index is 10.5. The second-order valence-corrected chi connectivity index (χ2v) is 4.15. The van der Waals surface area contributed by atoms with Crippen molar-refractivity contribution < 1.29 is 9.34 Å². The maximum Gasteiger partial charge on any atom is 0.269 e. The van der Waals surface area contributed by atoms with Crippen molar-refractivity contribution in [1.29, 1.82) is 0 Å². The topological polar surface area (TPSA) is 69.2 Å². The Labute approximate surface area is 97.2 Å². The van der Waals surface area contributed by atoms with Gasteiger partial charge in [-0.2, -0.15) is 0 Å². The van der Waals surface area contributed by atoms with Gasteiger partial charge in [0.2, 0.25) is 5.89 Å². The smallest absolute Gasteiger partial charge is 0.269 e. The molecule has 0 saturated heterocycles. The molecule has 1 aliphatic carbocycles. The first-order chi connectivity index (χ1) is 8.24. The first-order valence-corrected chi connectivity index (χ1v) is 5.44. The standard InChI is InChI=1S/C12H10N2O3/c15-14(16)10-5-3-9(4-6-10)12-13-7-11(17-12)8-1-2-8/h3-8H,1-2H2. The van der Waals surface area contributed by atoms with E-state index in [4.69, 9.17) is 4.42 Å². The maximum atomic E-state index is 10.5. The summed E-state index contributed by atoms with van der Waals surface area (Å²) in [5, 5.41) is 10.5. The summed E-state index contributed by atoms with van der Waals surface area (Å²) in [4.78, 5) is 14.3. The third-order valence-electron chi connectivity index (χ3n) is 2.83. The third kappa shape index (κ3) is 1.91. The highest BCUT2D eigenvalue weighted by Crippen LogP contribution is 2.41. The van der Waals surface area contributed by atoms with E-state index in [1.165, 1.54) is 12.1 Å². The van der Waals surface area contributed by atoms with E-state index in [1.54, 1.807) is 18.3 Å². The van der Waals surface area contributed by atoms with Crippen LogP contribution in [0.4, 0.5) is 5.69 Å². The molecule has 2 aromatic rings. The monoisotopic (exact) mass is 230 g/mol. The number of nitrogens with zero attached hydrogens (tertiary/aromatic N) is 2. The molecule has 1 aliphatic rings. The van der Waals surface area contributed by atoms with Crippen LogP contribution in [0.2, 0.25) is 0 Å². The lowest BCUT2D eigenvalue weighted by Gasteiger charge is -1.95. The van der Waals surface area contributed by atoms with Crippen molar-refractivity contribution in [3.8, 4) is 11.5 Å². The van der Waals surface area contributed by atoms with Crippen LogP contribution >= 0.6 is 0 Å². The second kappa shape index (κ2) is 3.69. The SMILES string of the molecule is O=[N+]([O-])c1ccc(-c2ncc(C3CC3)o2)cc1. The summed E-state index contributed by atoms with van der Waals surface area (Å²) in [7, 11) is 0. The van der Waals surface area contributed by atoms with Gasteiger partial charge in [-0.25, -0.2) is 4.98 Å². The van der Waals surface area contributed by atoms with E-state index in [0.717, 1.165) is 24.2 Å². The lowest BCUT2D eigenvalue weighted by molar-refractivity contribution is -0.384. The van der Waals surface area contributed by atoms with Gasteiger partial charge in [-0.15, -0.1) is 0 Å². The summed E-state index contributed by atoms with van der Waals surface area (Å²) in [6, 6.07) is 6.22. The van der Waals surface area contributed by atoms with E-state index in [0.29, 0.717) is 11.8 Å². The number of hydrogen-bond donors (Lipinski definition) is 0. The van der Waals surface area contributed by atoms with Crippen LogP contribution in [-0.2, 0) is 0 Å². The van der Waals surface area contributed by atoms with Crippen LogP contribution in [0.5, 0.6) is 0 Å². The van der Waals surface area contributed by atoms with Crippen molar-refractivity contribution in [1.82, 2.24) is 4.98 Å². The molecule has 5 heteroatoms. The van der Waals surface area contributed by atoms with Crippen LogP contribution in [0.1, 0.15) is 24.5 Å². The summed E-state index contributed by atoms with van der Waals surface area (Å²) in [6.45, 7) is 0. The zero-order valence-corrected chi connectivity index (χ0v) is 9.00. The lowest BCUT2D eigenvalue weighted by atomic mass is 10.2. The number of benzene rings is 1. The van der Waals surface area contributed by atoms with E-state index in [-0.39, 0.29) is 5.69 Å². The number of non-ortho nitro benzene ring substituents is 1. The highest BCUT2D eigenvalue weighted by atomic mass is 16.6. The molecule has 0 radical (unpaired) electrons. The van der Waals surface area contributed by atoms with Gasteiger partial charge in [-0.1, -0.05) is 0 Å². The molecule has 1 fully saturated rings. The molecule has 0 amide bonds. The molecule has 5 nitrogen and oxygen atoms in total. The largest absolute Gasteiger partial charge is 0.441 e. The fourth-order valence-electron chi connectivity index (χ4n) is 1.70. The van der Waals surface area contributed by atoms with E-state index < -0.39 is 4.92 Å². The molecule has 1 aromatic heterocycles. The minimum atomic E-state index is -0.422. The van der Waals surface area contributed by atoms with Crippen LogP contribution in [0, 0.1) is 10.1 Å². The summed E-state index contributed by atoms with van der Waals surface area (Å²) in [6.07, 6.45) is 4.07. The Morgan fingerprint density at radius 3 is 2.59 bits per heavy atom. The Hall–Kier alpha value is -2.17. The molecular formula is C12H10N2O3. The summed E-state index contributed by atoms with van der Waals surface area (Å²) < 4.78 is 5.61. The molecule has 0 N–H and O–H groups in total. The molecule has 1 saturated carbocycles. The van der Waals surface area contributed by atoms with Crippen LogP contribution in [0.15, 0.2) is 34.9 Å². The van der Waals surface area contributed by atoms with Gasteiger partial charge in [0, 0.05) is 23.6 Å². The van der Waals surface area contributed by atoms with Gasteiger partial charge >= 0.3 is 0 Å². The van der Waals surface area contributed by atoms with Gasteiger partial charge in [0.1, 0.15) is 5.76 Å². The number of aromatic nitrogens is 1. The fraction of sp³-hybridized carbons (Fsp3) is 0.250. The fourth-order valence-corrected chi connectivity index (χ4v) is 1.70. The molecule has 3 rings (SSSR count). The van der Waals surface area contributed by atoms with E-state index in [2.05, 4.69) is 4.98 Å². The van der Waals surface area contributed by atoms with Gasteiger partial charge in [0.05, 0.1) is 11.1 Å². The quantitative estimate of drug-likeness (QED) is 0.600. The Kier molecular flexibility index (Phi) is 2.18. The minimum absolute atomic E-state index is 0.0720. The van der Waals surface area contributed by atoms with Crippen LogP contribution in [0.3, 0.4) is 0 Å². The predicted octanol–water partition coefficient (Wildman–Crippen LogP) is 3.13. The van der Waals surface area contributed by atoms with Crippen molar-refractivity contribution in [2.75, 3.05) is 0 Å². The van der Waals surface area contributed by atoms with E-state index in [9.17, 15) is 10.1 Å². The van der Waals surface area contributed by atoms with Crippen molar-refractivity contribution in [3.63, 3.8) is 0 Å². The van der Waals surface area contributed by atoms with Crippen molar-refractivity contribution in [2.24, 2.45) is 0 Å². The van der Waals surface area contributed by atoms with E-state index in [1.807, 2.05) is 0 Å². The van der Waals surface area contributed by atoms with Crippen molar-refractivity contribution in [2.45, 2.75) is 18.8 Å². The average Bonchev–Trinajstić information content (AvgIpc) is 3.07. The minimum Gasteiger partial charge on any atom is -0.441 e. The van der Waals surface area contributed by atoms with E-state index >= 15 is 0 Å². The van der Waals surface area contributed by atoms with Gasteiger partial charge < -0.3 is 4.42 Å². The molecule has 0 unspecified atom stereocenters. The Bertz CT molecular complexity index is 555. The van der Waals surface area contributed by atoms with Gasteiger partial charge in [-0.3, -0.25) is 10.1 Å². The highest BCUT2D eigenvalue weighted by molar-refractivity contribution is 5.55. The molecule has 17 heavy (non-hydrogen) atoms. The first-order valence-electron chi connectivity index (χ1n) is 5.44. The summed E-state index contributed by atoms with van der Waals surface area (Å²) in [5.74, 6) is 1.97. The Morgan fingerprint density at radius 1 is 1.29 bits per heavy atom. The zero-order chi connectivity index (χ0) is 11.8. The molecule has 0 aliphatic heterocycles. The van der Waals surface area contributed by atoms with Crippen LogP contribution in [0.25, 0.3) is 11.5 Å². The van der Waals surface area contributed by atoms with Gasteiger partial charge in [0.15, 0.2) is 0 Å². The number of hydrogen-bond acceptors (Lipinski definition) is 4.